The van der Waals surface area contributed by atoms with Crippen LogP contribution in [-0.4, -0.2) is 52.6 Å². The third-order valence-corrected chi connectivity index (χ3v) is 5.01. The van der Waals surface area contributed by atoms with E-state index in [4.69, 9.17) is 0 Å². The Morgan fingerprint density at radius 2 is 1.93 bits per heavy atom. The number of piperazine rings is 1. The van der Waals surface area contributed by atoms with Crippen LogP contribution in [0.5, 0.6) is 0 Å². The highest BCUT2D eigenvalue weighted by atomic mass is 19.1. The quantitative estimate of drug-likeness (QED) is 0.855. The van der Waals surface area contributed by atoms with Crippen LogP contribution in [0.3, 0.4) is 0 Å². The van der Waals surface area contributed by atoms with Gasteiger partial charge in [0.25, 0.3) is 0 Å². The first-order chi connectivity index (χ1) is 13.3. The maximum atomic E-state index is 15.0. The van der Waals surface area contributed by atoms with E-state index in [0.717, 1.165) is 6.07 Å². The molecular weight excluding hydrogens is 367 g/mol. The van der Waals surface area contributed by atoms with Crippen molar-refractivity contribution in [3.63, 3.8) is 0 Å². The number of aromatic carboxylic acids is 1. The minimum absolute atomic E-state index is 0.0119. The first-order valence-electron chi connectivity index (χ1n) is 8.83. The lowest BCUT2D eigenvalue weighted by atomic mass is 10.0. The van der Waals surface area contributed by atoms with Gasteiger partial charge in [-0.2, -0.15) is 5.26 Å². The van der Waals surface area contributed by atoms with Gasteiger partial charge in [-0.15, -0.1) is 0 Å². The zero-order valence-electron chi connectivity index (χ0n) is 15.5. The number of carbonyl (C=O) groups excluding carboxylic acids is 1. The SMILES string of the molecule is CCn1cc(C(=O)O)c(=O)c2cc(F)c(N3CCN(C(C)=O)CC3)c(C#N)c21. The predicted molar refractivity (Wildman–Crippen MR) is 100.0 cm³/mol. The monoisotopic (exact) mass is 386 g/mol. The van der Waals surface area contributed by atoms with Crippen LogP contribution in [0.15, 0.2) is 17.1 Å². The molecule has 3 rings (SSSR count). The number of aromatic nitrogens is 1. The molecule has 28 heavy (non-hydrogen) atoms. The van der Waals surface area contributed by atoms with Gasteiger partial charge in [0.2, 0.25) is 11.3 Å². The summed E-state index contributed by atoms with van der Waals surface area (Å²) in [5, 5.41) is 18.9. The molecule has 1 N–H and O–H groups in total. The number of anilines is 1. The molecule has 1 fully saturated rings. The fourth-order valence-electron chi connectivity index (χ4n) is 3.59. The molecule has 9 heteroatoms. The van der Waals surface area contributed by atoms with Gasteiger partial charge in [-0.1, -0.05) is 0 Å². The molecule has 0 radical (unpaired) electrons. The van der Waals surface area contributed by atoms with E-state index >= 15 is 0 Å². The molecule has 0 unspecified atom stereocenters. The summed E-state index contributed by atoms with van der Waals surface area (Å²) in [4.78, 5) is 38.7. The molecule has 0 spiro atoms. The lowest BCUT2D eigenvalue weighted by Gasteiger charge is -2.36. The molecule has 1 saturated heterocycles. The number of aryl methyl sites for hydroxylation is 1. The normalized spacial score (nSPS) is 14.2. The number of pyridine rings is 1. The van der Waals surface area contributed by atoms with Gasteiger partial charge in [-0.05, 0) is 13.0 Å². The number of hydrogen-bond donors (Lipinski definition) is 1. The van der Waals surface area contributed by atoms with E-state index in [0.29, 0.717) is 32.7 Å². The molecule has 0 aliphatic carbocycles. The summed E-state index contributed by atoms with van der Waals surface area (Å²) in [6, 6.07) is 3.00. The van der Waals surface area contributed by atoms with E-state index in [1.54, 1.807) is 16.7 Å². The molecule has 2 heterocycles. The average Bonchev–Trinajstić information content (AvgIpc) is 2.67. The Bertz CT molecular complexity index is 1080. The third kappa shape index (κ3) is 3.07. The average molecular weight is 386 g/mol. The zero-order valence-corrected chi connectivity index (χ0v) is 15.5. The maximum Gasteiger partial charge on any atom is 0.341 e. The lowest BCUT2D eigenvalue weighted by molar-refractivity contribution is -0.129. The van der Waals surface area contributed by atoms with Gasteiger partial charge in [-0.3, -0.25) is 9.59 Å². The summed E-state index contributed by atoms with van der Waals surface area (Å²) in [5.74, 6) is -2.24. The molecule has 0 saturated carbocycles. The molecule has 8 nitrogen and oxygen atoms in total. The van der Waals surface area contributed by atoms with E-state index < -0.39 is 22.8 Å². The van der Waals surface area contributed by atoms with E-state index in [-0.39, 0.29) is 28.1 Å². The van der Waals surface area contributed by atoms with Crippen LogP contribution >= 0.6 is 0 Å². The number of benzene rings is 1. The van der Waals surface area contributed by atoms with Crippen molar-refractivity contribution >= 4 is 28.5 Å². The Morgan fingerprint density at radius 3 is 2.43 bits per heavy atom. The Morgan fingerprint density at radius 1 is 1.29 bits per heavy atom. The first kappa shape index (κ1) is 19.4. The number of nitrogens with zero attached hydrogens (tertiary/aromatic N) is 4. The van der Waals surface area contributed by atoms with Gasteiger partial charge in [0.05, 0.1) is 16.6 Å². The van der Waals surface area contributed by atoms with Crippen molar-refractivity contribution in [2.75, 3.05) is 31.1 Å². The van der Waals surface area contributed by atoms with Gasteiger partial charge in [-0.25, -0.2) is 9.18 Å². The summed E-state index contributed by atoms with van der Waals surface area (Å²) < 4.78 is 16.5. The predicted octanol–water partition coefficient (Wildman–Crippen LogP) is 1.40. The Labute approximate surface area is 160 Å². The van der Waals surface area contributed by atoms with E-state index in [2.05, 4.69) is 0 Å². The van der Waals surface area contributed by atoms with Crippen LogP contribution in [-0.2, 0) is 11.3 Å². The van der Waals surface area contributed by atoms with Crippen LogP contribution in [0.25, 0.3) is 10.9 Å². The Hall–Kier alpha value is -3.41. The standard InChI is InChI=1S/C19H19FN4O4/c1-3-22-10-14(19(27)28)18(26)12-8-15(20)17(13(9-21)16(12)22)24-6-4-23(5-7-24)11(2)25/h8,10H,3-7H2,1-2H3,(H,27,28). The molecule has 1 aliphatic rings. The summed E-state index contributed by atoms with van der Waals surface area (Å²) in [6.07, 6.45) is 1.18. The number of carboxylic acid groups (broad SMARTS) is 1. The highest BCUT2D eigenvalue weighted by molar-refractivity contribution is 5.96. The van der Waals surface area contributed by atoms with Crippen LogP contribution in [0.4, 0.5) is 10.1 Å². The van der Waals surface area contributed by atoms with Crippen LogP contribution < -0.4 is 10.3 Å². The van der Waals surface area contributed by atoms with Crippen molar-refractivity contribution in [2.24, 2.45) is 0 Å². The summed E-state index contributed by atoms with van der Waals surface area (Å²) in [5.41, 5.74) is -1.02. The van der Waals surface area contributed by atoms with Gasteiger partial charge in [0, 0.05) is 45.8 Å². The molecule has 1 aromatic heterocycles. The number of carbonyl (C=O) groups is 2. The Kier molecular flexibility index (Phi) is 5.05. The fraction of sp³-hybridized carbons (Fsp3) is 0.368. The maximum absolute atomic E-state index is 15.0. The second kappa shape index (κ2) is 7.31. The van der Waals surface area contributed by atoms with Crippen molar-refractivity contribution < 1.29 is 19.1 Å². The minimum atomic E-state index is -1.41. The molecule has 1 amide bonds. The van der Waals surface area contributed by atoms with Crippen molar-refractivity contribution in [1.29, 1.82) is 5.26 Å². The first-order valence-corrected chi connectivity index (χ1v) is 8.83. The Balaban J connectivity index is 2.24. The number of nitriles is 1. The second-order valence-electron chi connectivity index (χ2n) is 6.55. The van der Waals surface area contributed by atoms with Crippen LogP contribution in [0.2, 0.25) is 0 Å². The number of rotatable bonds is 3. The van der Waals surface area contributed by atoms with Gasteiger partial charge in [0.1, 0.15) is 23.0 Å². The largest absolute Gasteiger partial charge is 0.477 e. The molecule has 0 bridgehead atoms. The number of fused-ring (bicyclic) bond motifs is 1. The van der Waals surface area contributed by atoms with Crippen LogP contribution in [0.1, 0.15) is 29.8 Å². The molecule has 1 aliphatic heterocycles. The topological polar surface area (TPSA) is 107 Å². The van der Waals surface area contributed by atoms with Gasteiger partial charge >= 0.3 is 5.97 Å². The van der Waals surface area contributed by atoms with Crippen molar-refractivity contribution in [3.05, 3.63) is 39.4 Å². The number of amides is 1. The number of hydrogen-bond acceptors (Lipinski definition) is 5. The number of halogens is 1. The molecule has 2 aromatic rings. The van der Waals surface area contributed by atoms with E-state index in [9.17, 15) is 29.1 Å². The van der Waals surface area contributed by atoms with Gasteiger partial charge < -0.3 is 19.5 Å². The molecular formula is C19H19FN4O4. The van der Waals surface area contributed by atoms with Crippen LogP contribution in [0, 0.1) is 17.1 Å². The van der Waals surface area contributed by atoms with Crippen molar-refractivity contribution in [3.8, 4) is 6.07 Å². The molecule has 0 atom stereocenters. The third-order valence-electron chi connectivity index (χ3n) is 5.01. The smallest absolute Gasteiger partial charge is 0.341 e. The summed E-state index contributed by atoms with van der Waals surface area (Å²) >= 11 is 0. The van der Waals surface area contributed by atoms with E-state index in [1.807, 2.05) is 6.07 Å². The molecule has 146 valence electrons. The summed E-state index contributed by atoms with van der Waals surface area (Å²) in [6.45, 7) is 5.00. The minimum Gasteiger partial charge on any atom is -0.477 e. The zero-order chi connectivity index (χ0) is 20.6. The van der Waals surface area contributed by atoms with Crippen molar-refractivity contribution in [2.45, 2.75) is 20.4 Å². The van der Waals surface area contributed by atoms with Crippen molar-refractivity contribution in [1.82, 2.24) is 9.47 Å². The molecule has 1 aromatic carbocycles. The van der Waals surface area contributed by atoms with Gasteiger partial charge in [0.15, 0.2) is 0 Å². The fourth-order valence-corrected chi connectivity index (χ4v) is 3.59. The number of carboxylic acids is 1. The van der Waals surface area contributed by atoms with E-state index in [1.165, 1.54) is 17.7 Å². The highest BCUT2D eigenvalue weighted by Crippen LogP contribution is 2.31. The lowest BCUT2D eigenvalue weighted by Crippen LogP contribution is -2.48. The second-order valence-corrected chi connectivity index (χ2v) is 6.55. The highest BCUT2D eigenvalue weighted by Gasteiger charge is 2.27. The summed E-state index contributed by atoms with van der Waals surface area (Å²) in [7, 11) is 0.